The minimum absolute atomic E-state index is 0.0144. The van der Waals surface area contributed by atoms with Gasteiger partial charge in [-0.15, -0.1) is 0 Å². The maximum absolute atomic E-state index is 12.4. The van der Waals surface area contributed by atoms with E-state index >= 15 is 0 Å². The molecular weight excluding hydrogens is 560 g/mol. The van der Waals surface area contributed by atoms with Crippen LogP contribution in [0.4, 0.5) is 0 Å². The van der Waals surface area contributed by atoms with E-state index in [1.807, 2.05) is 48.5 Å². The molecule has 44 heavy (non-hydrogen) atoms. The molecule has 0 spiro atoms. The van der Waals surface area contributed by atoms with Crippen molar-refractivity contribution in [2.45, 2.75) is 44.5 Å². The van der Waals surface area contributed by atoms with Crippen LogP contribution in [-0.2, 0) is 27.4 Å². The van der Waals surface area contributed by atoms with Gasteiger partial charge >= 0.3 is 0 Å². The fraction of sp³-hybridized carbons (Fsp3) is 0.457. The molecule has 0 saturated carbocycles. The Labute approximate surface area is 261 Å². The first-order valence-corrected chi connectivity index (χ1v) is 15.3. The van der Waals surface area contributed by atoms with Gasteiger partial charge in [0.1, 0.15) is 17.2 Å². The first kappa shape index (κ1) is 33.3. The highest BCUT2D eigenvalue weighted by Gasteiger charge is 2.27. The van der Waals surface area contributed by atoms with Crippen molar-refractivity contribution < 1.29 is 33.2 Å². The zero-order valence-corrected chi connectivity index (χ0v) is 26.1. The van der Waals surface area contributed by atoms with Crippen molar-refractivity contribution in [2.24, 2.45) is 0 Å². The number of nitrogens with one attached hydrogen (secondary N) is 2. The molecule has 1 heterocycles. The molecule has 3 aromatic rings. The second-order valence-corrected chi connectivity index (χ2v) is 10.7. The van der Waals surface area contributed by atoms with Gasteiger partial charge in [0.05, 0.1) is 51.8 Å². The van der Waals surface area contributed by atoms with Crippen molar-refractivity contribution >= 4 is 5.91 Å². The van der Waals surface area contributed by atoms with Crippen LogP contribution < -0.4 is 24.8 Å². The Bertz CT molecular complexity index is 1280. The number of piperidine rings is 1. The van der Waals surface area contributed by atoms with Gasteiger partial charge in [-0.25, -0.2) is 0 Å². The van der Waals surface area contributed by atoms with Gasteiger partial charge in [0, 0.05) is 51.6 Å². The summed E-state index contributed by atoms with van der Waals surface area (Å²) in [6.07, 6.45) is 2.53. The highest BCUT2D eigenvalue weighted by molar-refractivity contribution is 5.96. The number of benzene rings is 3. The van der Waals surface area contributed by atoms with Gasteiger partial charge in [-0.2, -0.15) is 0 Å². The van der Waals surface area contributed by atoms with Crippen molar-refractivity contribution in [1.29, 1.82) is 0 Å². The number of ether oxygens (including phenoxy) is 6. The van der Waals surface area contributed by atoms with Crippen molar-refractivity contribution in [3.63, 3.8) is 0 Å². The number of hydrogen-bond donors (Lipinski definition) is 2. The van der Waals surface area contributed by atoms with Crippen LogP contribution in [0.2, 0.25) is 0 Å². The van der Waals surface area contributed by atoms with E-state index in [2.05, 4.69) is 22.8 Å². The lowest BCUT2D eigenvalue weighted by Crippen LogP contribution is -2.40. The van der Waals surface area contributed by atoms with Crippen LogP contribution in [0.5, 0.6) is 17.2 Å². The largest absolute Gasteiger partial charge is 0.496 e. The monoisotopic (exact) mass is 606 g/mol. The molecule has 3 aromatic carbocycles. The van der Waals surface area contributed by atoms with Crippen LogP contribution in [0.25, 0.3) is 0 Å². The lowest BCUT2D eigenvalue weighted by molar-refractivity contribution is 0.0105. The molecule has 1 aliphatic heterocycles. The van der Waals surface area contributed by atoms with Gasteiger partial charge in [-0.3, -0.25) is 4.79 Å². The van der Waals surface area contributed by atoms with Crippen molar-refractivity contribution in [3.8, 4) is 17.2 Å². The van der Waals surface area contributed by atoms with Gasteiger partial charge in [0.2, 0.25) is 0 Å². The Morgan fingerprint density at radius 3 is 2.48 bits per heavy atom. The summed E-state index contributed by atoms with van der Waals surface area (Å²) in [5.74, 6) is 2.33. The standard InChI is InChI=1S/C35H46N2O7/c1-36-35(38)31-15-10-26(22-33(31)43-21-6-18-39-2)24-44-34-23-37-17-16-30(34)27-11-13-29(14-12-27)42-20-7-19-41-25-28-8-4-5-9-32(28)40-3/h4-5,8-15,22,30,34,37H,6-7,16-21,23-25H2,1-3H3,(H,36,38)/t30-,34?/m1/s1. The zero-order chi connectivity index (χ0) is 31.0. The molecule has 2 N–H and O–H groups in total. The van der Waals surface area contributed by atoms with Crippen molar-refractivity contribution in [1.82, 2.24) is 10.6 Å². The summed E-state index contributed by atoms with van der Waals surface area (Å²) in [4.78, 5) is 12.4. The Morgan fingerprint density at radius 1 is 0.886 bits per heavy atom. The fourth-order valence-electron chi connectivity index (χ4n) is 5.24. The summed E-state index contributed by atoms with van der Waals surface area (Å²) in [5, 5.41) is 6.15. The predicted molar refractivity (Wildman–Crippen MR) is 170 cm³/mol. The van der Waals surface area contributed by atoms with Crippen molar-refractivity contribution in [2.75, 3.05) is 60.8 Å². The summed E-state index contributed by atoms with van der Waals surface area (Å²) >= 11 is 0. The van der Waals surface area contributed by atoms with E-state index in [9.17, 15) is 4.79 Å². The fourth-order valence-corrected chi connectivity index (χ4v) is 5.24. The number of methoxy groups -OCH3 is 2. The molecule has 2 atom stereocenters. The molecule has 9 nitrogen and oxygen atoms in total. The molecule has 1 fully saturated rings. The Kier molecular flexibility index (Phi) is 13.8. The third-order valence-corrected chi connectivity index (χ3v) is 7.62. The summed E-state index contributed by atoms with van der Waals surface area (Å²) in [6, 6.07) is 21.9. The van der Waals surface area contributed by atoms with Crippen LogP contribution in [-0.4, -0.2) is 72.8 Å². The second-order valence-electron chi connectivity index (χ2n) is 10.7. The summed E-state index contributed by atoms with van der Waals surface area (Å²) in [5.41, 5.74) is 3.74. The molecule has 0 aromatic heterocycles. The normalized spacial score (nSPS) is 16.3. The number of amides is 1. The molecular formula is C35H46N2O7. The summed E-state index contributed by atoms with van der Waals surface area (Å²) in [7, 11) is 4.95. The molecule has 0 aliphatic carbocycles. The molecule has 1 unspecified atom stereocenters. The quantitative estimate of drug-likeness (QED) is 0.193. The molecule has 0 radical (unpaired) electrons. The van der Waals surface area contributed by atoms with Crippen LogP contribution >= 0.6 is 0 Å². The van der Waals surface area contributed by atoms with Gasteiger partial charge in [-0.1, -0.05) is 36.4 Å². The second kappa shape index (κ2) is 18.2. The lowest BCUT2D eigenvalue weighted by atomic mass is 9.87. The number of carbonyl (C=O) groups excluding carboxylic acids is 1. The Hall–Kier alpha value is -3.63. The first-order chi connectivity index (χ1) is 21.6. The third-order valence-electron chi connectivity index (χ3n) is 7.62. The van der Waals surface area contributed by atoms with E-state index < -0.39 is 0 Å². The van der Waals surface area contributed by atoms with E-state index in [1.54, 1.807) is 27.3 Å². The van der Waals surface area contributed by atoms with Crippen LogP contribution in [0, 0.1) is 0 Å². The SMILES string of the molecule is CNC(=O)c1ccc(COC2CNCC[C@@H]2c2ccc(OCCCOCc3ccccc3OC)cc2)cc1OCCCOC. The molecule has 0 bridgehead atoms. The Balaban J connectivity index is 1.26. The maximum atomic E-state index is 12.4. The van der Waals surface area contributed by atoms with Gasteiger partial charge in [0.15, 0.2) is 0 Å². The topological polar surface area (TPSA) is 96.5 Å². The minimum atomic E-state index is -0.180. The number of rotatable bonds is 18. The molecule has 9 heteroatoms. The summed E-state index contributed by atoms with van der Waals surface area (Å²) in [6.45, 7) is 4.92. The molecule has 238 valence electrons. The number of para-hydroxylation sites is 1. The summed E-state index contributed by atoms with van der Waals surface area (Å²) < 4.78 is 34.7. The molecule has 1 aliphatic rings. The van der Waals surface area contributed by atoms with Crippen molar-refractivity contribution in [3.05, 3.63) is 89.0 Å². The van der Waals surface area contributed by atoms with E-state index in [4.69, 9.17) is 28.4 Å². The highest BCUT2D eigenvalue weighted by Crippen LogP contribution is 2.30. The molecule has 1 saturated heterocycles. The minimum Gasteiger partial charge on any atom is -0.496 e. The average Bonchev–Trinajstić information content (AvgIpc) is 3.07. The zero-order valence-electron chi connectivity index (χ0n) is 26.1. The van der Waals surface area contributed by atoms with E-state index in [1.165, 1.54) is 5.56 Å². The Morgan fingerprint density at radius 2 is 1.68 bits per heavy atom. The van der Waals surface area contributed by atoms with Gasteiger partial charge in [0.25, 0.3) is 5.91 Å². The lowest BCUT2D eigenvalue weighted by Gasteiger charge is -2.32. The third kappa shape index (κ3) is 9.95. The predicted octanol–water partition coefficient (Wildman–Crippen LogP) is 5.12. The molecule has 4 rings (SSSR count). The maximum Gasteiger partial charge on any atom is 0.254 e. The average molecular weight is 607 g/mol. The van der Waals surface area contributed by atoms with Crippen LogP contribution in [0.3, 0.4) is 0 Å². The smallest absolute Gasteiger partial charge is 0.254 e. The van der Waals surface area contributed by atoms with Gasteiger partial charge in [-0.05, 0) is 54.4 Å². The van der Waals surface area contributed by atoms with E-state index in [0.717, 1.165) is 55.0 Å². The van der Waals surface area contributed by atoms with Crippen LogP contribution in [0.1, 0.15) is 52.2 Å². The molecule has 1 amide bonds. The van der Waals surface area contributed by atoms with E-state index in [0.29, 0.717) is 51.0 Å². The van der Waals surface area contributed by atoms with Gasteiger partial charge < -0.3 is 39.1 Å². The van der Waals surface area contributed by atoms with Crippen LogP contribution in [0.15, 0.2) is 66.7 Å². The number of hydrogen-bond acceptors (Lipinski definition) is 8. The highest BCUT2D eigenvalue weighted by atomic mass is 16.5. The van der Waals surface area contributed by atoms with E-state index in [-0.39, 0.29) is 17.9 Å². The first-order valence-electron chi connectivity index (χ1n) is 15.3. The number of carbonyl (C=O) groups is 1.